The van der Waals surface area contributed by atoms with Crippen molar-refractivity contribution in [3.05, 3.63) is 59.7 Å². The predicted molar refractivity (Wildman–Crippen MR) is 221 cm³/mol. The van der Waals surface area contributed by atoms with Crippen LogP contribution in [0.5, 0.6) is 0 Å². The van der Waals surface area contributed by atoms with Gasteiger partial charge in [-0.25, -0.2) is 0 Å². The molecule has 0 saturated carbocycles. The Balaban J connectivity index is 0.0000140. The summed E-state index contributed by atoms with van der Waals surface area (Å²) in [6.45, 7) is 11.4. The lowest BCUT2D eigenvalue weighted by atomic mass is 10.0. The van der Waals surface area contributed by atoms with Gasteiger partial charge in [0.15, 0.2) is 0 Å². The summed E-state index contributed by atoms with van der Waals surface area (Å²) in [7, 11) is 0. The highest BCUT2D eigenvalue weighted by molar-refractivity contribution is 5.63. The summed E-state index contributed by atoms with van der Waals surface area (Å²) in [5.74, 6) is 0. The van der Waals surface area contributed by atoms with E-state index in [2.05, 4.69) is 62.4 Å². The molecule has 6 nitrogen and oxygen atoms in total. The number of aliphatic hydroxyl groups excluding tert-OH is 4. The number of hydrogen-bond acceptors (Lipinski definition) is 4. The summed E-state index contributed by atoms with van der Waals surface area (Å²) in [6.07, 6.45) is 26.2. The van der Waals surface area contributed by atoms with Crippen LogP contribution in [0.3, 0.4) is 0 Å². The van der Waals surface area contributed by atoms with Crippen molar-refractivity contribution in [3.63, 3.8) is 0 Å². The molecule has 0 aromatic heterocycles. The van der Waals surface area contributed by atoms with Crippen LogP contribution in [-0.4, -0.2) is 95.1 Å². The predicted octanol–water partition coefficient (Wildman–Crippen LogP) is 3.81. The maximum atomic E-state index is 10.0. The van der Waals surface area contributed by atoms with Crippen LogP contribution in [0, 0.1) is 0 Å². The number of aliphatic hydroxyl groups is 4. The Morgan fingerprint density at radius 3 is 0.815 bits per heavy atom. The van der Waals surface area contributed by atoms with Crippen LogP contribution in [0.2, 0.25) is 0 Å². The number of benzene rings is 2. The molecule has 0 aliphatic carbocycles. The Bertz CT molecular complexity index is 1000. The van der Waals surface area contributed by atoms with Crippen LogP contribution in [0.25, 0.3) is 11.1 Å². The molecule has 0 heterocycles. The molecule has 0 unspecified atom stereocenters. The molecular weight excluding hydrogens is 715 g/mol. The van der Waals surface area contributed by atoms with Gasteiger partial charge in [0, 0.05) is 11.1 Å². The smallest absolute Gasteiger partial charge is 0.104 e. The summed E-state index contributed by atoms with van der Waals surface area (Å²) in [6, 6.07) is 17.7. The molecule has 314 valence electrons. The van der Waals surface area contributed by atoms with Gasteiger partial charge in [0.05, 0.1) is 39.5 Å². The second kappa shape index (κ2) is 33.9. The third-order valence-corrected chi connectivity index (χ3v) is 11.5. The zero-order valence-corrected chi connectivity index (χ0v) is 36.2. The van der Waals surface area contributed by atoms with E-state index in [1.54, 1.807) is 0 Å². The van der Waals surface area contributed by atoms with Crippen molar-refractivity contribution in [1.82, 2.24) is 0 Å². The molecule has 2 rings (SSSR count). The van der Waals surface area contributed by atoms with Gasteiger partial charge in [-0.3, -0.25) is 0 Å². The van der Waals surface area contributed by atoms with Gasteiger partial charge < -0.3 is 54.2 Å². The fourth-order valence-corrected chi connectivity index (χ4v) is 8.24. The van der Waals surface area contributed by atoms with Gasteiger partial charge in [-0.2, -0.15) is 0 Å². The van der Waals surface area contributed by atoms with Crippen LogP contribution < -0.4 is 24.8 Å². The lowest BCUT2D eigenvalue weighted by Crippen LogP contribution is -3.00. The van der Waals surface area contributed by atoms with E-state index in [1.807, 2.05) is 0 Å². The first kappa shape index (κ1) is 52.8. The lowest BCUT2D eigenvalue weighted by molar-refractivity contribution is -0.941. The maximum Gasteiger partial charge on any atom is 0.104 e. The van der Waals surface area contributed by atoms with E-state index in [1.165, 1.54) is 138 Å². The molecule has 0 radical (unpaired) electrons. The van der Waals surface area contributed by atoms with Crippen molar-refractivity contribution in [2.75, 3.05) is 65.7 Å². The minimum absolute atomic E-state index is 0. The van der Waals surface area contributed by atoms with E-state index in [9.17, 15) is 20.4 Å². The van der Waals surface area contributed by atoms with Gasteiger partial charge in [-0.1, -0.05) is 165 Å². The van der Waals surface area contributed by atoms with E-state index >= 15 is 0 Å². The van der Waals surface area contributed by atoms with E-state index in [4.69, 9.17) is 0 Å². The number of rotatable bonds is 35. The summed E-state index contributed by atoms with van der Waals surface area (Å²) < 4.78 is 1.47. The molecule has 0 aliphatic rings. The van der Waals surface area contributed by atoms with E-state index in [-0.39, 0.29) is 51.2 Å². The van der Waals surface area contributed by atoms with E-state index in [0.29, 0.717) is 26.2 Å². The molecule has 8 heteroatoms. The lowest BCUT2D eigenvalue weighted by Gasteiger charge is -2.38. The molecule has 2 aromatic carbocycles. The van der Waals surface area contributed by atoms with Gasteiger partial charge in [0.25, 0.3) is 0 Å². The normalized spacial score (nSPS) is 11.7. The van der Waals surface area contributed by atoms with Crippen molar-refractivity contribution in [2.24, 2.45) is 0 Å². The Hall–Kier alpha value is -1.22. The van der Waals surface area contributed by atoms with Gasteiger partial charge in [0.1, 0.15) is 39.3 Å². The molecular formula is C46H82Cl2N2O4. The molecule has 2 aromatic rings. The van der Waals surface area contributed by atoms with Crippen molar-refractivity contribution >= 4 is 0 Å². The molecule has 0 amide bonds. The van der Waals surface area contributed by atoms with Crippen LogP contribution in [0.1, 0.15) is 153 Å². The highest BCUT2D eigenvalue weighted by Gasteiger charge is 2.28. The number of halogens is 2. The Labute approximate surface area is 344 Å². The van der Waals surface area contributed by atoms with Crippen LogP contribution >= 0.6 is 0 Å². The molecule has 0 atom stereocenters. The van der Waals surface area contributed by atoms with Crippen LogP contribution in [0.15, 0.2) is 48.5 Å². The third-order valence-electron chi connectivity index (χ3n) is 11.5. The summed E-state index contributed by atoms with van der Waals surface area (Å²) in [4.78, 5) is 0. The van der Waals surface area contributed by atoms with Gasteiger partial charge in [-0.15, -0.1) is 0 Å². The summed E-state index contributed by atoms with van der Waals surface area (Å²) >= 11 is 0. The van der Waals surface area contributed by atoms with Crippen molar-refractivity contribution in [3.8, 4) is 11.1 Å². The van der Waals surface area contributed by atoms with Crippen LogP contribution in [0.4, 0.5) is 0 Å². The first-order valence-electron chi connectivity index (χ1n) is 21.8. The highest BCUT2D eigenvalue weighted by Crippen LogP contribution is 2.25. The third kappa shape index (κ3) is 22.5. The molecule has 0 bridgehead atoms. The maximum absolute atomic E-state index is 10.0. The van der Waals surface area contributed by atoms with Crippen molar-refractivity contribution in [1.29, 1.82) is 0 Å². The van der Waals surface area contributed by atoms with Crippen molar-refractivity contribution in [2.45, 2.75) is 155 Å². The van der Waals surface area contributed by atoms with Gasteiger partial charge >= 0.3 is 0 Å². The Morgan fingerprint density at radius 2 is 0.574 bits per heavy atom. The first-order valence-corrected chi connectivity index (χ1v) is 21.8. The number of hydrogen-bond donors (Lipinski definition) is 4. The molecule has 0 aliphatic heterocycles. The zero-order valence-electron chi connectivity index (χ0n) is 34.7. The second-order valence-electron chi connectivity index (χ2n) is 16.0. The number of nitrogens with zero attached hydrogens (tertiary/aromatic N) is 2. The van der Waals surface area contributed by atoms with Crippen molar-refractivity contribution < 1.29 is 54.2 Å². The number of unbranched alkanes of at least 4 members (excludes halogenated alkanes) is 18. The molecule has 0 fully saturated rings. The average Bonchev–Trinajstić information content (AvgIpc) is 3.14. The highest BCUT2D eigenvalue weighted by atomic mass is 35.5. The van der Waals surface area contributed by atoms with Gasteiger partial charge in [0.2, 0.25) is 0 Å². The fraction of sp³-hybridized carbons (Fsp3) is 0.739. The average molecular weight is 798 g/mol. The molecule has 4 N–H and O–H groups in total. The fourth-order valence-electron chi connectivity index (χ4n) is 8.24. The molecule has 54 heavy (non-hydrogen) atoms. The molecule has 0 saturated heterocycles. The molecule has 0 spiro atoms. The van der Waals surface area contributed by atoms with E-state index in [0.717, 1.165) is 48.0 Å². The zero-order chi connectivity index (χ0) is 37.6. The monoisotopic (exact) mass is 797 g/mol. The van der Waals surface area contributed by atoms with Crippen LogP contribution in [-0.2, 0) is 13.1 Å². The topological polar surface area (TPSA) is 80.9 Å². The van der Waals surface area contributed by atoms with E-state index < -0.39 is 0 Å². The first-order chi connectivity index (χ1) is 25.5. The summed E-state index contributed by atoms with van der Waals surface area (Å²) in [5, 5.41) is 40.0. The second-order valence-corrected chi connectivity index (χ2v) is 16.0. The largest absolute Gasteiger partial charge is 1.00 e. The van der Waals surface area contributed by atoms with Gasteiger partial charge in [-0.05, 0) is 36.8 Å². The number of quaternary nitrogens is 2. The Kier molecular flexibility index (Phi) is 33.1. The SMILES string of the molecule is CCCCCCCCCCCC[N+](CCO)(CCO)Cc1ccc(-c2ccc(C[N+](CCO)(CCO)CCCCCCCCCCCC)cc2)cc1.[Cl-].[Cl-]. The minimum atomic E-state index is 0. The minimum Gasteiger partial charge on any atom is -1.00 e. The summed E-state index contributed by atoms with van der Waals surface area (Å²) in [5.41, 5.74) is 4.86. The Morgan fingerprint density at radius 1 is 0.333 bits per heavy atom. The quantitative estimate of drug-likeness (QED) is 0.0633. The standard InChI is InChI=1S/C46H82N2O4.2ClH/c1-3-5-7-9-11-13-15-17-19-21-31-47(33-37-49,34-38-50)41-43-23-27-45(28-24-43)46-29-25-44(26-30-46)42-48(35-39-51,36-40-52)32-22-20-18-16-14-12-10-8-6-4-2;;/h23-30,49-52H,3-22,31-42H2,1-2H3;2*1H/q+2;;/p-2.